The van der Waals surface area contributed by atoms with Gasteiger partial charge >= 0.3 is 0 Å². The number of benzene rings is 4. The van der Waals surface area contributed by atoms with Gasteiger partial charge in [-0.15, -0.1) is 0 Å². The minimum Gasteiger partial charge on any atom is -0.352 e. The van der Waals surface area contributed by atoms with Crippen LogP contribution in [0.3, 0.4) is 0 Å². The number of amides is 2. The average molecular weight is 646 g/mol. The molecule has 0 aliphatic rings. The lowest BCUT2D eigenvalue weighted by Crippen LogP contribution is -2.54. The second kappa shape index (κ2) is 15.2. The van der Waals surface area contributed by atoms with Crippen LogP contribution in [0.15, 0.2) is 108 Å². The molecular weight excluding hydrogens is 606 g/mol. The maximum Gasteiger partial charge on any atom is 0.264 e. The second-order valence-corrected chi connectivity index (χ2v) is 13.6. The van der Waals surface area contributed by atoms with Crippen LogP contribution in [0.5, 0.6) is 0 Å². The normalized spacial score (nSPS) is 12.6. The van der Waals surface area contributed by atoms with Crippen LogP contribution < -0.4 is 9.62 Å². The van der Waals surface area contributed by atoms with Crippen molar-refractivity contribution in [1.82, 2.24) is 10.2 Å². The Labute approximate surface area is 271 Å². The zero-order valence-electron chi connectivity index (χ0n) is 26.1. The number of carbonyl (C=O) groups excluding carboxylic acids is 2. The summed E-state index contributed by atoms with van der Waals surface area (Å²) in [4.78, 5) is 30.0. The lowest BCUT2D eigenvalue weighted by Gasteiger charge is -2.34. The highest BCUT2D eigenvalue weighted by atomic mass is 35.5. The van der Waals surface area contributed by atoms with Gasteiger partial charge in [0.25, 0.3) is 10.0 Å². The van der Waals surface area contributed by atoms with Gasteiger partial charge in [-0.2, -0.15) is 0 Å². The molecule has 0 aliphatic carbocycles. The van der Waals surface area contributed by atoms with Gasteiger partial charge in [0.05, 0.1) is 10.6 Å². The van der Waals surface area contributed by atoms with Gasteiger partial charge in [-0.1, -0.05) is 96.9 Å². The van der Waals surface area contributed by atoms with Gasteiger partial charge in [0.2, 0.25) is 11.8 Å². The van der Waals surface area contributed by atoms with Crippen molar-refractivity contribution in [3.63, 3.8) is 0 Å². The molecule has 7 nitrogen and oxygen atoms in total. The van der Waals surface area contributed by atoms with Gasteiger partial charge in [0.15, 0.2) is 0 Å². The maximum atomic E-state index is 14.6. The molecule has 0 aromatic heterocycles. The zero-order chi connectivity index (χ0) is 32.6. The van der Waals surface area contributed by atoms with E-state index in [2.05, 4.69) is 5.32 Å². The third-order valence-corrected chi connectivity index (χ3v) is 9.88. The SMILES string of the molecule is CC[C@H](C)NC(=O)[C@@H](Cc1ccccc1)N(Cc1ccccc1C)C(=O)CN(c1cccc(Cl)c1)S(=O)(=O)c1ccc(C)cc1. The number of carbonyl (C=O) groups is 2. The van der Waals surface area contributed by atoms with Crippen LogP contribution in [0.25, 0.3) is 0 Å². The first-order valence-electron chi connectivity index (χ1n) is 15.0. The Hall–Kier alpha value is -4.14. The Bertz CT molecular complexity index is 1710. The van der Waals surface area contributed by atoms with Crippen molar-refractivity contribution in [3.8, 4) is 0 Å². The molecule has 9 heteroatoms. The van der Waals surface area contributed by atoms with Crippen LogP contribution in [-0.2, 0) is 32.6 Å². The van der Waals surface area contributed by atoms with Crippen LogP contribution in [0.1, 0.15) is 42.5 Å². The molecule has 0 radical (unpaired) electrons. The average Bonchev–Trinajstić information content (AvgIpc) is 3.02. The van der Waals surface area contributed by atoms with E-state index in [1.807, 2.05) is 82.3 Å². The van der Waals surface area contributed by atoms with E-state index in [1.165, 1.54) is 23.1 Å². The number of anilines is 1. The van der Waals surface area contributed by atoms with Crippen molar-refractivity contribution in [2.24, 2.45) is 0 Å². The standard InChI is InChI=1S/C36H40ClN3O4S/c1-5-28(4)38-36(42)34(22-29-13-7-6-8-14-29)39(24-30-15-10-9-12-27(30)3)35(41)25-40(32-17-11-16-31(37)23-32)45(43,44)33-20-18-26(2)19-21-33/h6-21,23,28,34H,5,22,24-25H2,1-4H3,(H,38,42)/t28-,34+/m0/s1. The summed E-state index contributed by atoms with van der Waals surface area (Å²) in [5, 5.41) is 3.39. The second-order valence-electron chi connectivity index (χ2n) is 11.3. The summed E-state index contributed by atoms with van der Waals surface area (Å²) >= 11 is 6.30. The molecule has 4 rings (SSSR count). The first kappa shape index (κ1) is 33.7. The third kappa shape index (κ3) is 8.74. The largest absolute Gasteiger partial charge is 0.352 e. The zero-order valence-corrected chi connectivity index (χ0v) is 27.7. The Kier molecular flexibility index (Phi) is 11.4. The van der Waals surface area contributed by atoms with E-state index < -0.39 is 28.5 Å². The van der Waals surface area contributed by atoms with Gasteiger partial charge in [0, 0.05) is 24.0 Å². The molecule has 2 amide bonds. The first-order valence-corrected chi connectivity index (χ1v) is 16.8. The van der Waals surface area contributed by atoms with Crippen molar-refractivity contribution in [2.45, 2.75) is 64.1 Å². The quantitative estimate of drug-likeness (QED) is 0.175. The fraction of sp³-hybridized carbons (Fsp3) is 0.278. The van der Waals surface area contributed by atoms with Crippen LogP contribution >= 0.6 is 11.6 Å². The molecule has 4 aromatic rings. The van der Waals surface area contributed by atoms with Crippen molar-refractivity contribution in [3.05, 3.63) is 130 Å². The van der Waals surface area contributed by atoms with Crippen LogP contribution in [0.4, 0.5) is 5.69 Å². The van der Waals surface area contributed by atoms with Crippen molar-refractivity contribution in [1.29, 1.82) is 0 Å². The molecule has 0 saturated heterocycles. The number of nitrogens with zero attached hydrogens (tertiary/aromatic N) is 2. The predicted octanol–water partition coefficient (Wildman–Crippen LogP) is 6.71. The summed E-state index contributed by atoms with van der Waals surface area (Å²) < 4.78 is 29.3. The lowest BCUT2D eigenvalue weighted by molar-refractivity contribution is -0.140. The molecule has 0 heterocycles. The highest BCUT2D eigenvalue weighted by molar-refractivity contribution is 7.92. The van der Waals surface area contributed by atoms with Gasteiger partial charge in [-0.3, -0.25) is 13.9 Å². The summed E-state index contributed by atoms with van der Waals surface area (Å²) in [5.41, 5.74) is 3.84. The minimum atomic E-state index is -4.20. The molecule has 0 saturated carbocycles. The van der Waals surface area contributed by atoms with Crippen LogP contribution in [0, 0.1) is 13.8 Å². The molecule has 1 N–H and O–H groups in total. The van der Waals surface area contributed by atoms with Gasteiger partial charge in [-0.25, -0.2) is 8.42 Å². The number of hydrogen-bond donors (Lipinski definition) is 1. The van der Waals surface area contributed by atoms with Gasteiger partial charge in [-0.05, 0) is 74.2 Å². The van der Waals surface area contributed by atoms with E-state index in [0.717, 1.165) is 26.6 Å². The molecule has 0 fully saturated rings. The Morgan fingerprint density at radius 2 is 1.53 bits per heavy atom. The van der Waals surface area contributed by atoms with Gasteiger partial charge in [0.1, 0.15) is 12.6 Å². The molecule has 0 aliphatic heterocycles. The van der Waals surface area contributed by atoms with Crippen molar-refractivity contribution in [2.75, 3.05) is 10.8 Å². The Morgan fingerprint density at radius 1 is 0.867 bits per heavy atom. The summed E-state index contributed by atoms with van der Waals surface area (Å²) in [6, 6.07) is 29.0. The van der Waals surface area contributed by atoms with Crippen molar-refractivity contribution < 1.29 is 18.0 Å². The Morgan fingerprint density at radius 3 is 2.18 bits per heavy atom. The van der Waals surface area contributed by atoms with E-state index >= 15 is 0 Å². The van der Waals surface area contributed by atoms with Crippen LogP contribution in [-0.4, -0.2) is 43.8 Å². The monoisotopic (exact) mass is 645 g/mol. The Balaban J connectivity index is 1.82. The molecule has 0 bridgehead atoms. The van der Waals surface area contributed by atoms with Crippen molar-refractivity contribution >= 4 is 39.1 Å². The highest BCUT2D eigenvalue weighted by Gasteiger charge is 2.35. The van der Waals surface area contributed by atoms with E-state index in [9.17, 15) is 18.0 Å². The number of rotatable bonds is 13. The van der Waals surface area contributed by atoms with E-state index in [4.69, 9.17) is 11.6 Å². The maximum absolute atomic E-state index is 14.6. The van der Waals surface area contributed by atoms with Crippen LogP contribution in [0.2, 0.25) is 5.02 Å². The fourth-order valence-electron chi connectivity index (χ4n) is 4.96. The van der Waals surface area contributed by atoms with E-state index in [1.54, 1.807) is 30.3 Å². The number of sulfonamides is 1. The lowest BCUT2D eigenvalue weighted by atomic mass is 10.0. The molecule has 45 heavy (non-hydrogen) atoms. The summed E-state index contributed by atoms with van der Waals surface area (Å²) in [5.74, 6) is -0.819. The molecule has 2 atom stereocenters. The minimum absolute atomic E-state index is 0.0432. The predicted molar refractivity (Wildman–Crippen MR) is 181 cm³/mol. The number of halogens is 1. The van der Waals surface area contributed by atoms with E-state index in [0.29, 0.717) is 11.4 Å². The topological polar surface area (TPSA) is 86.8 Å². The summed E-state index contributed by atoms with van der Waals surface area (Å²) in [7, 11) is -4.20. The first-order chi connectivity index (χ1) is 21.5. The summed E-state index contributed by atoms with van der Waals surface area (Å²) in [6.07, 6.45) is 0.968. The number of aryl methyl sites for hydroxylation is 2. The molecule has 4 aromatic carbocycles. The summed E-state index contributed by atoms with van der Waals surface area (Å²) in [6.45, 7) is 7.29. The fourth-order valence-corrected chi connectivity index (χ4v) is 6.55. The smallest absolute Gasteiger partial charge is 0.264 e. The third-order valence-electron chi connectivity index (χ3n) is 7.86. The highest BCUT2D eigenvalue weighted by Crippen LogP contribution is 2.27. The van der Waals surface area contributed by atoms with Gasteiger partial charge < -0.3 is 10.2 Å². The number of nitrogens with one attached hydrogen (secondary N) is 1. The van der Waals surface area contributed by atoms with E-state index in [-0.39, 0.29) is 35.5 Å². The molecular formula is C36H40ClN3O4S. The molecule has 0 unspecified atom stereocenters. The molecule has 0 spiro atoms. The molecule has 236 valence electrons. The number of hydrogen-bond acceptors (Lipinski definition) is 4.